The summed E-state index contributed by atoms with van der Waals surface area (Å²) in [5, 5.41) is 0. The summed E-state index contributed by atoms with van der Waals surface area (Å²) in [7, 11) is 1.35. The molecular formula is C15H21NO3. The summed E-state index contributed by atoms with van der Waals surface area (Å²) in [6, 6.07) is 9.08. The molecule has 0 aliphatic heterocycles. The molecule has 104 valence electrons. The van der Waals surface area contributed by atoms with Crippen LogP contribution in [0.5, 0.6) is 0 Å². The van der Waals surface area contributed by atoms with Crippen molar-refractivity contribution in [2.45, 2.75) is 32.7 Å². The van der Waals surface area contributed by atoms with Crippen molar-refractivity contribution >= 4 is 11.9 Å². The number of rotatable bonds is 4. The lowest BCUT2D eigenvalue weighted by Gasteiger charge is -2.34. The van der Waals surface area contributed by atoms with Crippen LogP contribution in [-0.2, 0) is 4.74 Å². The molecule has 0 aliphatic rings. The van der Waals surface area contributed by atoms with Crippen LogP contribution in [0.1, 0.15) is 37.6 Å². The van der Waals surface area contributed by atoms with E-state index in [2.05, 4.69) is 0 Å². The third-order valence-electron chi connectivity index (χ3n) is 2.86. The fraction of sp³-hybridized carbons (Fsp3) is 0.467. The van der Waals surface area contributed by atoms with Crippen molar-refractivity contribution in [3.8, 4) is 0 Å². The predicted molar refractivity (Wildman–Crippen MR) is 74.3 cm³/mol. The molecule has 0 aromatic heterocycles. The van der Waals surface area contributed by atoms with Crippen LogP contribution in [-0.4, -0.2) is 36.0 Å². The van der Waals surface area contributed by atoms with Crippen molar-refractivity contribution in [1.29, 1.82) is 0 Å². The Morgan fingerprint density at radius 2 is 1.74 bits per heavy atom. The molecule has 4 nitrogen and oxygen atoms in total. The van der Waals surface area contributed by atoms with Crippen molar-refractivity contribution in [3.05, 3.63) is 35.9 Å². The Labute approximate surface area is 114 Å². The lowest BCUT2D eigenvalue weighted by atomic mass is 10.0. The molecule has 0 spiro atoms. The Bertz CT molecular complexity index is 434. The molecule has 0 aliphatic carbocycles. The van der Waals surface area contributed by atoms with E-state index >= 15 is 0 Å². The number of ketones is 1. The quantitative estimate of drug-likeness (QED) is 0.784. The van der Waals surface area contributed by atoms with E-state index in [0.717, 1.165) is 0 Å². The van der Waals surface area contributed by atoms with Crippen molar-refractivity contribution in [1.82, 2.24) is 4.90 Å². The largest absolute Gasteiger partial charge is 0.453 e. The monoisotopic (exact) mass is 263 g/mol. The summed E-state index contributed by atoms with van der Waals surface area (Å²) in [4.78, 5) is 25.3. The normalized spacial score (nSPS) is 10.9. The molecule has 0 saturated heterocycles. The van der Waals surface area contributed by atoms with E-state index in [1.807, 2.05) is 39.0 Å². The molecule has 4 heteroatoms. The second-order valence-corrected chi connectivity index (χ2v) is 5.33. The standard InChI is InChI=1S/C15H21NO3/c1-15(2,3)16(14(18)19-4)11-10-13(17)12-8-6-5-7-9-12/h5-9H,10-11H2,1-4H3. The van der Waals surface area contributed by atoms with Gasteiger partial charge in [0.2, 0.25) is 0 Å². The first kappa shape index (κ1) is 15.2. The molecule has 19 heavy (non-hydrogen) atoms. The molecule has 1 rings (SSSR count). The van der Waals surface area contributed by atoms with Gasteiger partial charge >= 0.3 is 6.09 Å². The van der Waals surface area contributed by atoms with Crippen LogP contribution in [0.2, 0.25) is 0 Å². The minimum absolute atomic E-state index is 0.0266. The molecule has 0 radical (unpaired) electrons. The molecule has 0 fully saturated rings. The number of amides is 1. The molecule has 0 bridgehead atoms. The minimum Gasteiger partial charge on any atom is -0.453 e. The third kappa shape index (κ3) is 4.39. The Balaban J connectivity index is 2.68. The number of Topliss-reactive ketones (excluding diaryl/α,β-unsaturated/α-hetero) is 1. The van der Waals surface area contributed by atoms with Crippen molar-refractivity contribution in [3.63, 3.8) is 0 Å². The van der Waals surface area contributed by atoms with Gasteiger partial charge in [0.15, 0.2) is 5.78 Å². The molecule has 0 atom stereocenters. The van der Waals surface area contributed by atoms with E-state index in [9.17, 15) is 9.59 Å². The summed E-state index contributed by atoms with van der Waals surface area (Å²) in [6.07, 6.45) is -0.121. The maximum absolute atomic E-state index is 12.0. The van der Waals surface area contributed by atoms with Crippen LogP contribution in [0.4, 0.5) is 4.79 Å². The van der Waals surface area contributed by atoms with E-state index in [-0.39, 0.29) is 17.7 Å². The molecule has 0 unspecified atom stereocenters. The number of benzene rings is 1. The average molecular weight is 263 g/mol. The molecule has 1 aromatic carbocycles. The molecule has 1 amide bonds. The second kappa shape index (κ2) is 6.36. The van der Waals surface area contributed by atoms with Gasteiger partial charge in [0.25, 0.3) is 0 Å². The summed E-state index contributed by atoms with van der Waals surface area (Å²) in [6.45, 7) is 6.09. The number of carbonyl (C=O) groups is 2. The van der Waals surface area contributed by atoms with E-state index in [1.54, 1.807) is 17.0 Å². The van der Waals surface area contributed by atoms with Crippen molar-refractivity contribution < 1.29 is 14.3 Å². The highest BCUT2D eigenvalue weighted by atomic mass is 16.5. The van der Waals surface area contributed by atoms with E-state index in [1.165, 1.54) is 7.11 Å². The number of hydrogen-bond donors (Lipinski definition) is 0. The van der Waals surface area contributed by atoms with Gasteiger partial charge in [-0.1, -0.05) is 30.3 Å². The Kier molecular flexibility index (Phi) is 5.10. The van der Waals surface area contributed by atoms with Crippen LogP contribution in [0.3, 0.4) is 0 Å². The molecule has 1 aromatic rings. The minimum atomic E-state index is -0.409. The summed E-state index contributed by atoms with van der Waals surface area (Å²) >= 11 is 0. The Morgan fingerprint density at radius 1 is 1.16 bits per heavy atom. The van der Waals surface area contributed by atoms with Crippen LogP contribution in [0, 0.1) is 0 Å². The molecular weight excluding hydrogens is 242 g/mol. The molecule has 0 N–H and O–H groups in total. The highest BCUT2D eigenvalue weighted by Gasteiger charge is 2.27. The Morgan fingerprint density at radius 3 is 2.21 bits per heavy atom. The van der Waals surface area contributed by atoms with Crippen LogP contribution in [0.25, 0.3) is 0 Å². The maximum atomic E-state index is 12.0. The fourth-order valence-corrected chi connectivity index (χ4v) is 1.79. The van der Waals surface area contributed by atoms with Gasteiger partial charge in [-0.25, -0.2) is 4.79 Å². The number of carbonyl (C=O) groups excluding carboxylic acids is 2. The lowest BCUT2D eigenvalue weighted by Crippen LogP contribution is -2.46. The van der Waals surface area contributed by atoms with Crippen LogP contribution < -0.4 is 0 Å². The first-order valence-corrected chi connectivity index (χ1v) is 6.30. The van der Waals surface area contributed by atoms with E-state index in [4.69, 9.17) is 4.74 Å². The summed E-state index contributed by atoms with van der Waals surface area (Å²) < 4.78 is 4.75. The highest BCUT2D eigenvalue weighted by molar-refractivity contribution is 5.96. The summed E-state index contributed by atoms with van der Waals surface area (Å²) in [5.74, 6) is 0.0266. The number of hydrogen-bond acceptors (Lipinski definition) is 3. The van der Waals surface area contributed by atoms with Gasteiger partial charge in [0.05, 0.1) is 7.11 Å². The molecule has 0 saturated carbocycles. The number of ether oxygens (including phenoxy) is 1. The highest BCUT2D eigenvalue weighted by Crippen LogP contribution is 2.16. The number of nitrogens with zero attached hydrogens (tertiary/aromatic N) is 1. The summed E-state index contributed by atoms with van der Waals surface area (Å²) in [5.41, 5.74) is 0.297. The van der Waals surface area contributed by atoms with E-state index in [0.29, 0.717) is 12.1 Å². The SMILES string of the molecule is COC(=O)N(CCC(=O)c1ccccc1)C(C)(C)C. The first-order chi connectivity index (χ1) is 8.86. The van der Waals surface area contributed by atoms with Gasteiger partial charge in [0, 0.05) is 24.1 Å². The van der Waals surface area contributed by atoms with Crippen molar-refractivity contribution in [2.75, 3.05) is 13.7 Å². The zero-order valence-electron chi connectivity index (χ0n) is 12.0. The third-order valence-corrected chi connectivity index (χ3v) is 2.86. The van der Waals surface area contributed by atoms with Gasteiger partial charge in [-0.2, -0.15) is 0 Å². The maximum Gasteiger partial charge on any atom is 0.409 e. The van der Waals surface area contributed by atoms with E-state index < -0.39 is 6.09 Å². The van der Waals surface area contributed by atoms with Gasteiger partial charge in [0.1, 0.15) is 0 Å². The zero-order valence-corrected chi connectivity index (χ0v) is 12.0. The average Bonchev–Trinajstić information content (AvgIpc) is 2.37. The smallest absolute Gasteiger partial charge is 0.409 e. The topological polar surface area (TPSA) is 46.6 Å². The van der Waals surface area contributed by atoms with Crippen LogP contribution >= 0.6 is 0 Å². The van der Waals surface area contributed by atoms with Gasteiger partial charge in [-0.3, -0.25) is 4.79 Å². The fourth-order valence-electron chi connectivity index (χ4n) is 1.79. The zero-order chi connectivity index (χ0) is 14.5. The Hall–Kier alpha value is -1.84. The lowest BCUT2D eigenvalue weighted by molar-refractivity contribution is 0.0779. The van der Waals surface area contributed by atoms with Crippen molar-refractivity contribution in [2.24, 2.45) is 0 Å². The second-order valence-electron chi connectivity index (χ2n) is 5.33. The van der Waals surface area contributed by atoms with Gasteiger partial charge < -0.3 is 9.64 Å². The van der Waals surface area contributed by atoms with Gasteiger partial charge in [-0.05, 0) is 20.8 Å². The van der Waals surface area contributed by atoms with Crippen LogP contribution in [0.15, 0.2) is 30.3 Å². The number of methoxy groups -OCH3 is 1. The van der Waals surface area contributed by atoms with Gasteiger partial charge in [-0.15, -0.1) is 0 Å². The predicted octanol–water partition coefficient (Wildman–Crippen LogP) is 3.13. The molecule has 0 heterocycles. The first-order valence-electron chi connectivity index (χ1n) is 6.30.